The van der Waals surface area contributed by atoms with Gasteiger partial charge in [0, 0.05) is 30.3 Å². The summed E-state index contributed by atoms with van der Waals surface area (Å²) in [6.45, 7) is -0.154. The van der Waals surface area contributed by atoms with Crippen LogP contribution in [0.3, 0.4) is 0 Å². The fourth-order valence-corrected chi connectivity index (χ4v) is 3.39. The highest BCUT2D eigenvalue weighted by Crippen LogP contribution is 2.34. The van der Waals surface area contributed by atoms with Gasteiger partial charge in [-0.15, -0.1) is 11.3 Å². The van der Waals surface area contributed by atoms with Gasteiger partial charge in [0.25, 0.3) is 0 Å². The molecule has 1 saturated carbocycles. The third-order valence-electron chi connectivity index (χ3n) is 3.67. The summed E-state index contributed by atoms with van der Waals surface area (Å²) in [5.41, 5.74) is 0.539. The first kappa shape index (κ1) is 16.5. The maximum Gasteiger partial charge on any atom is 0.248 e. The van der Waals surface area contributed by atoms with Crippen molar-refractivity contribution in [2.75, 3.05) is 5.32 Å². The lowest BCUT2D eigenvalue weighted by molar-refractivity contribution is -0.0361. The van der Waals surface area contributed by atoms with Crippen LogP contribution in [0.4, 0.5) is 14.6 Å². The van der Waals surface area contributed by atoms with Crippen molar-refractivity contribution in [2.24, 2.45) is 0 Å². The number of rotatable bonds is 4. The Kier molecular flexibility index (Phi) is 4.74. The van der Waals surface area contributed by atoms with Crippen molar-refractivity contribution in [3.63, 3.8) is 0 Å². The lowest BCUT2D eigenvalue weighted by Gasteiger charge is -2.29. The minimum Gasteiger partial charge on any atom is -0.390 e. The van der Waals surface area contributed by atoms with E-state index in [0.29, 0.717) is 35.2 Å². The summed E-state index contributed by atoms with van der Waals surface area (Å²) < 4.78 is 26.4. The molecule has 3 rings (SSSR count). The molecule has 2 aromatic rings. The summed E-state index contributed by atoms with van der Waals surface area (Å²) in [7, 11) is 0. The van der Waals surface area contributed by atoms with Crippen LogP contribution in [0.25, 0.3) is 10.8 Å². The zero-order valence-electron chi connectivity index (χ0n) is 12.1. The van der Waals surface area contributed by atoms with Gasteiger partial charge in [0.2, 0.25) is 5.92 Å². The Morgan fingerprint density at radius 2 is 2.04 bits per heavy atom. The van der Waals surface area contributed by atoms with Crippen LogP contribution in [0.2, 0.25) is 5.15 Å². The van der Waals surface area contributed by atoms with E-state index in [0.717, 1.165) is 0 Å². The molecule has 1 aliphatic carbocycles. The fourth-order valence-electron chi connectivity index (χ4n) is 2.46. The smallest absolute Gasteiger partial charge is 0.248 e. The molecule has 1 aliphatic rings. The maximum absolute atomic E-state index is 13.2. The van der Waals surface area contributed by atoms with Crippen LogP contribution >= 0.6 is 22.9 Å². The van der Waals surface area contributed by atoms with Gasteiger partial charge < -0.3 is 10.4 Å². The van der Waals surface area contributed by atoms with E-state index in [4.69, 9.17) is 16.7 Å². The van der Waals surface area contributed by atoms with Crippen LogP contribution in [0, 0.1) is 0 Å². The van der Waals surface area contributed by atoms with Crippen LogP contribution in [0.1, 0.15) is 31.4 Å². The summed E-state index contributed by atoms with van der Waals surface area (Å²) >= 11 is 7.33. The quantitative estimate of drug-likeness (QED) is 0.813. The Labute approximate surface area is 140 Å². The minimum atomic E-state index is -2.56. The number of nitrogens with one attached hydrogen (secondary N) is 1. The van der Waals surface area contributed by atoms with Crippen molar-refractivity contribution in [1.29, 1.82) is 0 Å². The van der Waals surface area contributed by atoms with E-state index in [1.165, 1.54) is 11.3 Å². The average molecular weight is 361 g/mol. The van der Waals surface area contributed by atoms with Gasteiger partial charge >= 0.3 is 0 Å². The predicted molar refractivity (Wildman–Crippen MR) is 84.9 cm³/mol. The second-order valence-corrected chi connectivity index (χ2v) is 6.72. The number of aliphatic hydroxyl groups is 1. The lowest BCUT2D eigenvalue weighted by atomic mass is 9.92. The molecule has 2 aromatic heterocycles. The first-order chi connectivity index (χ1) is 10.9. The van der Waals surface area contributed by atoms with Gasteiger partial charge in [0.05, 0.1) is 12.3 Å². The Balaban J connectivity index is 1.75. The molecule has 1 fully saturated rings. The number of alkyl halides is 2. The van der Waals surface area contributed by atoms with Crippen molar-refractivity contribution in [2.45, 2.75) is 44.3 Å². The SMILES string of the molecule is OCc1csc(-c2nc(Cl)cc(NC3CCC(F)(F)CC3)n2)n1. The Morgan fingerprint density at radius 1 is 1.30 bits per heavy atom. The third kappa shape index (κ3) is 4.13. The molecular weight excluding hydrogens is 346 g/mol. The Hall–Kier alpha value is -1.38. The van der Waals surface area contributed by atoms with E-state index >= 15 is 0 Å². The molecule has 0 amide bonds. The number of hydrogen-bond acceptors (Lipinski definition) is 6. The van der Waals surface area contributed by atoms with Gasteiger partial charge in [-0.2, -0.15) is 0 Å². The van der Waals surface area contributed by atoms with Gasteiger partial charge in [0.15, 0.2) is 10.8 Å². The molecule has 124 valence electrons. The highest BCUT2D eigenvalue weighted by Gasteiger charge is 2.35. The normalized spacial score (nSPS) is 18.1. The number of thiazole rings is 1. The summed E-state index contributed by atoms with van der Waals surface area (Å²) in [5, 5.41) is 14.7. The first-order valence-electron chi connectivity index (χ1n) is 7.20. The molecule has 9 heteroatoms. The molecule has 2 heterocycles. The number of aromatic nitrogens is 3. The van der Waals surface area contributed by atoms with Crippen LogP contribution in [0.15, 0.2) is 11.4 Å². The zero-order chi connectivity index (χ0) is 16.4. The van der Waals surface area contributed by atoms with Crippen LogP contribution in [-0.4, -0.2) is 32.0 Å². The molecule has 5 nitrogen and oxygen atoms in total. The molecule has 0 bridgehead atoms. The van der Waals surface area contributed by atoms with Crippen molar-refractivity contribution in [1.82, 2.24) is 15.0 Å². The average Bonchev–Trinajstić information content (AvgIpc) is 2.98. The minimum absolute atomic E-state index is 0.0576. The lowest BCUT2D eigenvalue weighted by Crippen LogP contribution is -2.32. The third-order valence-corrected chi connectivity index (χ3v) is 4.75. The summed E-state index contributed by atoms with van der Waals surface area (Å²) in [4.78, 5) is 12.7. The van der Waals surface area contributed by atoms with Crippen molar-refractivity contribution in [3.8, 4) is 10.8 Å². The van der Waals surface area contributed by atoms with Gasteiger partial charge in [0.1, 0.15) is 11.0 Å². The van der Waals surface area contributed by atoms with Gasteiger partial charge in [-0.05, 0) is 12.8 Å². The number of hydrogen-bond donors (Lipinski definition) is 2. The molecule has 0 aromatic carbocycles. The van der Waals surface area contributed by atoms with E-state index in [1.54, 1.807) is 11.4 Å². The molecule has 0 radical (unpaired) electrons. The second kappa shape index (κ2) is 6.62. The monoisotopic (exact) mass is 360 g/mol. The van der Waals surface area contributed by atoms with E-state index in [1.807, 2.05) is 0 Å². The highest BCUT2D eigenvalue weighted by molar-refractivity contribution is 7.13. The molecule has 23 heavy (non-hydrogen) atoms. The summed E-state index contributed by atoms with van der Waals surface area (Å²) in [6, 6.07) is 1.51. The van der Waals surface area contributed by atoms with E-state index in [9.17, 15) is 8.78 Å². The van der Waals surface area contributed by atoms with Gasteiger partial charge in [-0.3, -0.25) is 0 Å². The Morgan fingerprint density at radius 3 is 2.70 bits per heavy atom. The van der Waals surface area contributed by atoms with Crippen LogP contribution in [0.5, 0.6) is 0 Å². The topological polar surface area (TPSA) is 70.9 Å². The van der Waals surface area contributed by atoms with Gasteiger partial charge in [-0.1, -0.05) is 11.6 Å². The number of halogens is 3. The van der Waals surface area contributed by atoms with Crippen molar-refractivity contribution in [3.05, 3.63) is 22.3 Å². The van der Waals surface area contributed by atoms with Crippen LogP contribution in [-0.2, 0) is 6.61 Å². The highest BCUT2D eigenvalue weighted by atomic mass is 35.5. The molecule has 0 aliphatic heterocycles. The molecule has 0 saturated heterocycles. The number of anilines is 1. The van der Waals surface area contributed by atoms with Crippen molar-refractivity contribution < 1.29 is 13.9 Å². The molecule has 0 spiro atoms. The van der Waals surface area contributed by atoms with Crippen molar-refractivity contribution >= 4 is 28.8 Å². The fraction of sp³-hybridized carbons (Fsp3) is 0.500. The standard InChI is InChI=1S/C14H15ClF2N4OS/c15-10-5-11(18-8-1-3-14(16,17)4-2-8)21-12(20-10)13-19-9(6-22)7-23-13/h5,7-8,22H,1-4,6H2,(H,18,20,21). The molecule has 0 atom stereocenters. The molecular formula is C14H15ClF2N4OS. The Bertz CT molecular complexity index is 687. The number of nitrogens with zero attached hydrogens (tertiary/aromatic N) is 3. The summed E-state index contributed by atoms with van der Waals surface area (Å²) in [5.74, 6) is -1.71. The predicted octanol–water partition coefficient (Wildman–Crippen LogP) is 3.74. The van der Waals surface area contributed by atoms with E-state index in [-0.39, 0.29) is 30.6 Å². The van der Waals surface area contributed by atoms with Gasteiger partial charge in [-0.25, -0.2) is 23.7 Å². The molecule has 0 unspecified atom stereocenters. The second-order valence-electron chi connectivity index (χ2n) is 5.48. The largest absolute Gasteiger partial charge is 0.390 e. The van der Waals surface area contributed by atoms with E-state index < -0.39 is 5.92 Å². The zero-order valence-corrected chi connectivity index (χ0v) is 13.7. The van der Waals surface area contributed by atoms with E-state index in [2.05, 4.69) is 20.3 Å². The van der Waals surface area contributed by atoms with Crippen LogP contribution < -0.4 is 5.32 Å². The maximum atomic E-state index is 13.2. The first-order valence-corrected chi connectivity index (χ1v) is 8.45. The number of aliphatic hydroxyl groups excluding tert-OH is 1. The summed E-state index contributed by atoms with van der Waals surface area (Å²) in [6.07, 6.45) is 0.525. The molecule has 2 N–H and O–H groups in total.